The number of nitrogens with zero attached hydrogens (tertiary/aromatic N) is 2. The summed E-state index contributed by atoms with van der Waals surface area (Å²) in [6, 6.07) is 10.5. The molecule has 0 bridgehead atoms. The highest BCUT2D eigenvalue weighted by Crippen LogP contribution is 2.12. The molecular weight excluding hydrogens is 210 g/mol. The molecule has 3 heteroatoms. The molecule has 1 aliphatic heterocycles. The maximum Gasteiger partial charge on any atom is 0.0424 e. The lowest BCUT2D eigenvalue weighted by Crippen LogP contribution is -2.48. The van der Waals surface area contributed by atoms with Crippen molar-refractivity contribution < 1.29 is 0 Å². The van der Waals surface area contributed by atoms with Crippen molar-refractivity contribution in [2.24, 2.45) is 5.73 Å². The number of hydrogen-bond donors (Lipinski definition) is 1. The van der Waals surface area contributed by atoms with Crippen LogP contribution in [0, 0.1) is 0 Å². The molecular formula is C14H23N3. The Kier molecular flexibility index (Phi) is 4.54. The average Bonchev–Trinajstić information content (AvgIpc) is 2.40. The molecule has 0 aliphatic carbocycles. The van der Waals surface area contributed by atoms with Gasteiger partial charge in [-0.05, 0) is 12.1 Å². The van der Waals surface area contributed by atoms with Crippen molar-refractivity contribution in [1.29, 1.82) is 0 Å². The Labute approximate surface area is 104 Å². The second kappa shape index (κ2) is 6.15. The summed E-state index contributed by atoms with van der Waals surface area (Å²) in [5.41, 5.74) is 7.48. The second-order valence-electron chi connectivity index (χ2n) is 4.75. The molecule has 1 aromatic carbocycles. The number of hydrogen-bond acceptors (Lipinski definition) is 3. The van der Waals surface area contributed by atoms with Crippen LogP contribution in [-0.4, -0.2) is 49.1 Å². The van der Waals surface area contributed by atoms with E-state index in [-0.39, 0.29) is 6.04 Å². The fourth-order valence-corrected chi connectivity index (χ4v) is 2.37. The van der Waals surface area contributed by atoms with E-state index in [1.54, 1.807) is 0 Å². The van der Waals surface area contributed by atoms with Crippen LogP contribution in [0.4, 0.5) is 0 Å². The van der Waals surface area contributed by atoms with Gasteiger partial charge in [-0.3, -0.25) is 4.90 Å². The highest BCUT2D eigenvalue weighted by atomic mass is 15.3. The normalized spacial score (nSPS) is 20.4. The van der Waals surface area contributed by atoms with Gasteiger partial charge in [0, 0.05) is 38.8 Å². The minimum absolute atomic E-state index is 0.143. The molecule has 2 rings (SSSR count). The standard InChI is InChI=1S/C14H23N3/c1-2-16-8-10-17(11-9-16)12-14(15)13-6-4-3-5-7-13/h3-7,14H,2,8-12,15H2,1H3. The van der Waals surface area contributed by atoms with E-state index in [9.17, 15) is 0 Å². The minimum Gasteiger partial charge on any atom is -0.323 e. The van der Waals surface area contributed by atoms with E-state index in [1.807, 2.05) is 6.07 Å². The second-order valence-corrected chi connectivity index (χ2v) is 4.75. The Hall–Kier alpha value is -0.900. The molecule has 0 aromatic heterocycles. The van der Waals surface area contributed by atoms with Crippen molar-refractivity contribution in [3.8, 4) is 0 Å². The molecule has 1 atom stereocenters. The molecule has 1 aromatic rings. The topological polar surface area (TPSA) is 32.5 Å². The summed E-state index contributed by atoms with van der Waals surface area (Å²) in [6.45, 7) is 9.02. The molecule has 0 radical (unpaired) electrons. The predicted molar refractivity (Wildman–Crippen MR) is 71.9 cm³/mol. The number of likely N-dealkylation sites (N-methyl/N-ethyl adjacent to an activating group) is 1. The number of piperazine rings is 1. The van der Waals surface area contributed by atoms with Crippen molar-refractivity contribution in [1.82, 2.24) is 9.80 Å². The highest BCUT2D eigenvalue weighted by Gasteiger charge is 2.17. The molecule has 17 heavy (non-hydrogen) atoms. The summed E-state index contributed by atoms with van der Waals surface area (Å²) in [7, 11) is 0. The number of benzene rings is 1. The molecule has 0 spiro atoms. The first kappa shape index (κ1) is 12.6. The predicted octanol–water partition coefficient (Wildman–Crippen LogP) is 1.32. The van der Waals surface area contributed by atoms with Crippen LogP contribution in [0.5, 0.6) is 0 Å². The fraction of sp³-hybridized carbons (Fsp3) is 0.571. The van der Waals surface area contributed by atoms with Gasteiger partial charge in [-0.2, -0.15) is 0 Å². The maximum absolute atomic E-state index is 6.24. The van der Waals surface area contributed by atoms with Crippen LogP contribution < -0.4 is 5.73 Å². The molecule has 1 aliphatic rings. The van der Waals surface area contributed by atoms with Gasteiger partial charge in [0.05, 0.1) is 0 Å². The lowest BCUT2D eigenvalue weighted by molar-refractivity contribution is 0.132. The first-order valence-electron chi connectivity index (χ1n) is 6.55. The molecule has 1 saturated heterocycles. The van der Waals surface area contributed by atoms with Gasteiger partial charge in [0.25, 0.3) is 0 Å². The Morgan fingerprint density at radius 3 is 2.24 bits per heavy atom. The molecule has 1 fully saturated rings. The van der Waals surface area contributed by atoms with Gasteiger partial charge in [-0.1, -0.05) is 37.3 Å². The summed E-state index contributed by atoms with van der Waals surface area (Å²) in [6.07, 6.45) is 0. The van der Waals surface area contributed by atoms with Crippen molar-refractivity contribution in [2.45, 2.75) is 13.0 Å². The summed E-state index contributed by atoms with van der Waals surface area (Å²) in [5.74, 6) is 0. The molecule has 0 saturated carbocycles. The quantitative estimate of drug-likeness (QED) is 0.851. The lowest BCUT2D eigenvalue weighted by atomic mass is 10.1. The van der Waals surface area contributed by atoms with Crippen molar-refractivity contribution in [2.75, 3.05) is 39.3 Å². The van der Waals surface area contributed by atoms with Crippen LogP contribution in [0.2, 0.25) is 0 Å². The average molecular weight is 233 g/mol. The summed E-state index contributed by atoms with van der Waals surface area (Å²) < 4.78 is 0. The monoisotopic (exact) mass is 233 g/mol. The van der Waals surface area contributed by atoms with Gasteiger partial charge in [-0.15, -0.1) is 0 Å². The zero-order chi connectivity index (χ0) is 12.1. The Bertz CT molecular complexity index is 317. The highest BCUT2D eigenvalue weighted by molar-refractivity contribution is 5.18. The van der Waals surface area contributed by atoms with Crippen LogP contribution in [0.25, 0.3) is 0 Å². The van der Waals surface area contributed by atoms with Crippen LogP contribution in [-0.2, 0) is 0 Å². The van der Waals surface area contributed by atoms with Gasteiger partial charge in [-0.25, -0.2) is 0 Å². The van der Waals surface area contributed by atoms with Gasteiger partial charge in [0.15, 0.2) is 0 Å². The Morgan fingerprint density at radius 2 is 1.65 bits per heavy atom. The summed E-state index contributed by atoms with van der Waals surface area (Å²) in [5, 5.41) is 0. The van der Waals surface area contributed by atoms with E-state index in [0.29, 0.717) is 0 Å². The first-order valence-corrected chi connectivity index (χ1v) is 6.55. The van der Waals surface area contributed by atoms with E-state index in [0.717, 1.165) is 19.6 Å². The third kappa shape index (κ3) is 3.53. The smallest absolute Gasteiger partial charge is 0.0424 e. The van der Waals surface area contributed by atoms with E-state index in [1.165, 1.54) is 25.2 Å². The van der Waals surface area contributed by atoms with Crippen LogP contribution in [0.1, 0.15) is 18.5 Å². The van der Waals surface area contributed by atoms with Crippen molar-refractivity contribution in [3.05, 3.63) is 35.9 Å². The van der Waals surface area contributed by atoms with Crippen LogP contribution in [0.3, 0.4) is 0 Å². The van der Waals surface area contributed by atoms with Gasteiger partial charge in [0.1, 0.15) is 0 Å². The summed E-state index contributed by atoms with van der Waals surface area (Å²) >= 11 is 0. The Morgan fingerprint density at radius 1 is 1.06 bits per heavy atom. The zero-order valence-corrected chi connectivity index (χ0v) is 10.7. The van der Waals surface area contributed by atoms with E-state index in [2.05, 4.69) is 41.0 Å². The van der Waals surface area contributed by atoms with Gasteiger partial charge < -0.3 is 10.6 Å². The third-order valence-corrected chi connectivity index (χ3v) is 3.59. The molecule has 0 amide bonds. The van der Waals surface area contributed by atoms with E-state index >= 15 is 0 Å². The molecule has 1 unspecified atom stereocenters. The lowest BCUT2D eigenvalue weighted by Gasteiger charge is -2.35. The van der Waals surface area contributed by atoms with Crippen molar-refractivity contribution in [3.63, 3.8) is 0 Å². The zero-order valence-electron chi connectivity index (χ0n) is 10.7. The SMILES string of the molecule is CCN1CCN(CC(N)c2ccccc2)CC1. The largest absolute Gasteiger partial charge is 0.323 e. The fourth-order valence-electron chi connectivity index (χ4n) is 2.37. The molecule has 3 nitrogen and oxygen atoms in total. The van der Waals surface area contributed by atoms with Gasteiger partial charge >= 0.3 is 0 Å². The van der Waals surface area contributed by atoms with Crippen LogP contribution in [0.15, 0.2) is 30.3 Å². The first-order chi connectivity index (χ1) is 8.29. The summed E-state index contributed by atoms with van der Waals surface area (Å²) in [4.78, 5) is 4.97. The Balaban J connectivity index is 1.82. The van der Waals surface area contributed by atoms with Crippen molar-refractivity contribution >= 4 is 0 Å². The number of rotatable bonds is 4. The molecule has 2 N–H and O–H groups in total. The maximum atomic E-state index is 6.24. The third-order valence-electron chi connectivity index (χ3n) is 3.59. The number of nitrogens with two attached hydrogens (primary N) is 1. The molecule has 1 heterocycles. The minimum atomic E-state index is 0.143. The molecule has 94 valence electrons. The van der Waals surface area contributed by atoms with E-state index in [4.69, 9.17) is 5.73 Å². The van der Waals surface area contributed by atoms with Crippen LogP contribution >= 0.6 is 0 Å². The van der Waals surface area contributed by atoms with Gasteiger partial charge in [0.2, 0.25) is 0 Å². The van der Waals surface area contributed by atoms with E-state index < -0.39 is 0 Å².